The number of hydrogen-bond donors (Lipinski definition) is 2. The molecule has 1 aromatic carbocycles. The predicted molar refractivity (Wildman–Crippen MR) is 109 cm³/mol. The van der Waals surface area contributed by atoms with Crippen LogP contribution in [0.4, 0.5) is 4.79 Å². The van der Waals surface area contributed by atoms with E-state index in [0.717, 1.165) is 30.8 Å². The van der Waals surface area contributed by atoms with Gasteiger partial charge in [0.15, 0.2) is 9.84 Å². The number of sulfone groups is 1. The Morgan fingerprint density at radius 3 is 2.26 bits per heavy atom. The van der Waals surface area contributed by atoms with Crippen LogP contribution >= 0.6 is 0 Å². The Bertz CT molecular complexity index is 708. The van der Waals surface area contributed by atoms with E-state index >= 15 is 0 Å². The van der Waals surface area contributed by atoms with Crippen LogP contribution in [-0.2, 0) is 22.1 Å². The molecule has 0 saturated carbocycles. The Hall–Kier alpha value is -1.60. The zero-order chi connectivity index (χ0) is 20.0. The number of hydrogen-bond acceptors (Lipinski definition) is 4. The largest absolute Gasteiger partial charge is 0.334 e. The van der Waals surface area contributed by atoms with Gasteiger partial charge in [0, 0.05) is 38.5 Å². The maximum absolute atomic E-state index is 12.1. The Morgan fingerprint density at radius 2 is 1.70 bits per heavy atom. The van der Waals surface area contributed by atoms with E-state index in [4.69, 9.17) is 0 Å². The molecule has 0 bridgehead atoms. The van der Waals surface area contributed by atoms with Gasteiger partial charge in [0.05, 0.1) is 5.75 Å². The number of urea groups is 1. The smallest absolute Gasteiger partial charge is 0.315 e. The van der Waals surface area contributed by atoms with Crippen LogP contribution in [0, 0.1) is 11.8 Å². The van der Waals surface area contributed by atoms with Crippen molar-refractivity contribution in [2.75, 3.05) is 25.9 Å². The van der Waals surface area contributed by atoms with E-state index in [1.165, 1.54) is 12.7 Å². The van der Waals surface area contributed by atoms with E-state index in [1.54, 1.807) is 12.1 Å². The van der Waals surface area contributed by atoms with Crippen LogP contribution < -0.4 is 10.6 Å². The second-order valence-corrected chi connectivity index (χ2v) is 10.4. The van der Waals surface area contributed by atoms with Crippen molar-refractivity contribution in [1.29, 1.82) is 0 Å². The molecule has 152 valence electrons. The van der Waals surface area contributed by atoms with E-state index in [0.29, 0.717) is 18.4 Å². The van der Waals surface area contributed by atoms with Crippen LogP contribution in [-0.4, -0.2) is 51.3 Å². The van der Waals surface area contributed by atoms with Crippen molar-refractivity contribution < 1.29 is 13.2 Å². The zero-order valence-corrected chi connectivity index (χ0v) is 17.7. The molecule has 1 fully saturated rings. The lowest BCUT2D eigenvalue weighted by Crippen LogP contribution is -2.49. The highest BCUT2D eigenvalue weighted by molar-refractivity contribution is 7.89. The molecule has 1 aliphatic heterocycles. The molecule has 0 aromatic heterocycles. The molecule has 2 rings (SSSR count). The maximum atomic E-state index is 12.1. The molecule has 27 heavy (non-hydrogen) atoms. The Balaban J connectivity index is 1.73. The van der Waals surface area contributed by atoms with Gasteiger partial charge in [-0.2, -0.15) is 0 Å². The lowest BCUT2D eigenvalue weighted by molar-refractivity contribution is 0.131. The first-order valence-corrected chi connectivity index (χ1v) is 11.7. The first kappa shape index (κ1) is 21.7. The van der Waals surface area contributed by atoms with E-state index in [2.05, 4.69) is 29.4 Å². The normalized spacial score (nSPS) is 22.2. The molecular formula is C20H33N3O3S. The summed E-state index contributed by atoms with van der Waals surface area (Å²) >= 11 is 0. The molecule has 0 spiro atoms. The van der Waals surface area contributed by atoms with Crippen LogP contribution in [0.1, 0.15) is 38.3 Å². The molecule has 2 N–H and O–H groups in total. The van der Waals surface area contributed by atoms with E-state index in [9.17, 15) is 13.2 Å². The average molecular weight is 396 g/mol. The van der Waals surface area contributed by atoms with Gasteiger partial charge in [-0.15, -0.1) is 0 Å². The molecule has 3 atom stereocenters. The number of benzene rings is 1. The number of nitrogens with zero attached hydrogens (tertiary/aromatic N) is 1. The number of rotatable bonds is 7. The number of nitrogens with one attached hydrogen (secondary N) is 2. The van der Waals surface area contributed by atoms with Crippen molar-refractivity contribution in [1.82, 2.24) is 15.5 Å². The summed E-state index contributed by atoms with van der Waals surface area (Å²) in [5.74, 6) is 1.45. The summed E-state index contributed by atoms with van der Waals surface area (Å²) < 4.78 is 22.6. The predicted octanol–water partition coefficient (Wildman–Crippen LogP) is 2.40. The molecule has 1 aromatic rings. The van der Waals surface area contributed by atoms with Crippen molar-refractivity contribution >= 4 is 15.9 Å². The highest BCUT2D eigenvalue weighted by Crippen LogP contribution is 2.20. The molecule has 0 aliphatic carbocycles. The van der Waals surface area contributed by atoms with Gasteiger partial charge >= 0.3 is 6.03 Å². The monoisotopic (exact) mass is 395 g/mol. The Kier molecular flexibility index (Phi) is 7.68. The van der Waals surface area contributed by atoms with Crippen molar-refractivity contribution in [2.24, 2.45) is 11.8 Å². The minimum atomic E-state index is -3.03. The fourth-order valence-electron chi connectivity index (χ4n) is 3.89. The molecule has 2 amide bonds. The second-order valence-electron chi connectivity index (χ2n) is 8.28. The summed E-state index contributed by atoms with van der Waals surface area (Å²) in [7, 11) is -3.03. The maximum Gasteiger partial charge on any atom is 0.315 e. The van der Waals surface area contributed by atoms with Crippen molar-refractivity contribution in [3.05, 3.63) is 35.4 Å². The molecule has 1 heterocycles. The average Bonchev–Trinajstić information content (AvgIpc) is 2.51. The topological polar surface area (TPSA) is 78.5 Å². The second kappa shape index (κ2) is 9.55. The van der Waals surface area contributed by atoms with Crippen LogP contribution in [0.5, 0.6) is 0 Å². The molecule has 7 heteroatoms. The summed E-state index contributed by atoms with van der Waals surface area (Å²) in [4.78, 5) is 14.6. The minimum absolute atomic E-state index is 0.0342. The summed E-state index contributed by atoms with van der Waals surface area (Å²) in [5.41, 5.74) is 1.69. The van der Waals surface area contributed by atoms with Gasteiger partial charge in [0.1, 0.15) is 0 Å². The first-order chi connectivity index (χ1) is 12.6. The highest BCUT2D eigenvalue weighted by atomic mass is 32.2. The highest BCUT2D eigenvalue weighted by Gasteiger charge is 2.23. The number of likely N-dealkylation sites (tertiary alicyclic amines) is 1. The first-order valence-electron chi connectivity index (χ1n) is 9.63. The lowest BCUT2D eigenvalue weighted by atomic mass is 9.92. The van der Waals surface area contributed by atoms with Gasteiger partial charge in [-0.1, -0.05) is 38.1 Å². The van der Waals surface area contributed by atoms with Gasteiger partial charge in [0.2, 0.25) is 0 Å². The summed E-state index contributed by atoms with van der Waals surface area (Å²) in [6.45, 7) is 10.1. The quantitative estimate of drug-likeness (QED) is 0.743. The summed E-state index contributed by atoms with van der Waals surface area (Å²) in [6.07, 6.45) is 2.50. The van der Waals surface area contributed by atoms with E-state index < -0.39 is 9.84 Å². The molecule has 3 unspecified atom stereocenters. The van der Waals surface area contributed by atoms with Gasteiger partial charge in [0.25, 0.3) is 0 Å². The van der Waals surface area contributed by atoms with Crippen LogP contribution in [0.25, 0.3) is 0 Å². The fourth-order valence-corrected chi connectivity index (χ4v) is 4.69. The third kappa shape index (κ3) is 8.30. The lowest BCUT2D eigenvalue weighted by Gasteiger charge is -2.36. The fraction of sp³-hybridized carbons (Fsp3) is 0.650. The zero-order valence-electron chi connectivity index (χ0n) is 16.9. The van der Waals surface area contributed by atoms with Gasteiger partial charge < -0.3 is 15.5 Å². The summed E-state index contributed by atoms with van der Waals surface area (Å²) in [6, 6.07) is 7.18. The Labute approximate surface area is 163 Å². The number of carbonyl (C=O) groups is 1. The van der Waals surface area contributed by atoms with Crippen LogP contribution in [0.15, 0.2) is 24.3 Å². The molecule has 1 saturated heterocycles. The van der Waals surface area contributed by atoms with Gasteiger partial charge in [-0.25, -0.2) is 13.2 Å². The number of piperidine rings is 1. The van der Waals surface area contributed by atoms with E-state index in [1.807, 2.05) is 19.1 Å². The minimum Gasteiger partial charge on any atom is -0.334 e. The van der Waals surface area contributed by atoms with Crippen LogP contribution in [0.3, 0.4) is 0 Å². The Morgan fingerprint density at radius 1 is 1.15 bits per heavy atom. The number of amides is 2. The summed E-state index contributed by atoms with van der Waals surface area (Å²) in [5, 5.41) is 5.86. The third-order valence-electron chi connectivity index (χ3n) is 4.76. The van der Waals surface area contributed by atoms with Gasteiger partial charge in [-0.3, -0.25) is 0 Å². The van der Waals surface area contributed by atoms with Crippen LogP contribution in [0.2, 0.25) is 0 Å². The molecule has 0 radical (unpaired) electrons. The molecule has 6 nitrogen and oxygen atoms in total. The SMILES string of the molecule is CC1CC(C)CN(CC(C)NC(=O)NCc2ccc(CS(C)(=O)=O)cc2)C1. The molecular weight excluding hydrogens is 362 g/mol. The van der Waals surface area contributed by atoms with E-state index in [-0.39, 0.29) is 17.8 Å². The number of carbonyl (C=O) groups excluding carboxylic acids is 1. The molecule has 1 aliphatic rings. The standard InChI is InChI=1S/C20H33N3O3S/c1-15-9-16(2)12-23(11-15)13-17(3)22-20(24)21-10-18-5-7-19(8-6-18)14-27(4,25)26/h5-8,15-17H,9-14H2,1-4H3,(H2,21,22,24). The van der Waals surface area contributed by atoms with Crippen molar-refractivity contribution in [2.45, 2.75) is 45.5 Å². The van der Waals surface area contributed by atoms with Crippen molar-refractivity contribution in [3.63, 3.8) is 0 Å². The van der Waals surface area contributed by atoms with Gasteiger partial charge in [-0.05, 0) is 36.3 Å². The van der Waals surface area contributed by atoms with Crippen molar-refractivity contribution in [3.8, 4) is 0 Å². The third-order valence-corrected chi connectivity index (χ3v) is 5.62.